The number of carbonyl (C=O) groups excluding carboxylic acids is 2. The number of hydrogen-bond donors (Lipinski definition) is 1. The van der Waals surface area contributed by atoms with Crippen molar-refractivity contribution in [3.8, 4) is 0 Å². The van der Waals surface area contributed by atoms with E-state index in [1.807, 2.05) is 5.32 Å². The molecule has 2 aromatic rings. The predicted molar refractivity (Wildman–Crippen MR) is 106 cm³/mol. The van der Waals surface area contributed by atoms with E-state index in [4.69, 9.17) is 9.47 Å². The van der Waals surface area contributed by atoms with Gasteiger partial charge in [-0.3, -0.25) is 14.9 Å². The summed E-state index contributed by atoms with van der Waals surface area (Å²) in [4.78, 5) is 36.8. The van der Waals surface area contributed by atoms with Crippen molar-refractivity contribution < 1.29 is 37.2 Å². The molecule has 0 radical (unpaired) electrons. The SMILES string of the molecule is O=C(COC(=O)c1ccc(N2CCOCC2)c([N+](=O)[O-])c1)Nc1ccccc1C(F)(F)F. The lowest BCUT2D eigenvalue weighted by Gasteiger charge is -2.28. The monoisotopic (exact) mass is 453 g/mol. The van der Waals surface area contributed by atoms with Gasteiger partial charge >= 0.3 is 12.1 Å². The molecule has 1 aliphatic rings. The van der Waals surface area contributed by atoms with E-state index in [-0.39, 0.29) is 11.3 Å². The van der Waals surface area contributed by atoms with Crippen LogP contribution in [0, 0.1) is 10.1 Å². The van der Waals surface area contributed by atoms with Crippen LogP contribution < -0.4 is 10.2 Å². The number of morpholine rings is 1. The topological polar surface area (TPSA) is 111 Å². The third kappa shape index (κ3) is 5.52. The zero-order chi connectivity index (χ0) is 23.3. The molecule has 1 saturated heterocycles. The van der Waals surface area contributed by atoms with Crippen LogP contribution in [0.5, 0.6) is 0 Å². The molecular formula is C20H18F3N3O6. The molecule has 32 heavy (non-hydrogen) atoms. The molecule has 0 unspecified atom stereocenters. The predicted octanol–water partition coefficient (Wildman–Crippen LogP) is 3.25. The average molecular weight is 453 g/mol. The van der Waals surface area contributed by atoms with Crippen LogP contribution in [0.4, 0.5) is 30.2 Å². The molecule has 0 saturated carbocycles. The minimum atomic E-state index is -4.68. The number of nitro groups is 1. The van der Waals surface area contributed by atoms with Gasteiger partial charge in [-0.1, -0.05) is 12.1 Å². The van der Waals surface area contributed by atoms with Crippen LogP contribution in [0.1, 0.15) is 15.9 Å². The van der Waals surface area contributed by atoms with Gasteiger partial charge in [0.05, 0.1) is 35.0 Å². The molecule has 0 bridgehead atoms. The Labute approximate surface area is 179 Å². The highest BCUT2D eigenvalue weighted by Crippen LogP contribution is 2.34. The van der Waals surface area contributed by atoms with Crippen LogP contribution in [-0.2, 0) is 20.4 Å². The van der Waals surface area contributed by atoms with E-state index in [9.17, 15) is 32.9 Å². The third-order valence-electron chi connectivity index (χ3n) is 4.60. The van der Waals surface area contributed by atoms with Gasteiger partial charge in [0, 0.05) is 19.2 Å². The van der Waals surface area contributed by atoms with Crippen LogP contribution >= 0.6 is 0 Å². The number of para-hydroxylation sites is 1. The van der Waals surface area contributed by atoms with Crippen molar-refractivity contribution in [2.75, 3.05) is 43.1 Å². The number of anilines is 2. The normalized spacial score (nSPS) is 14.0. The molecule has 3 rings (SSSR count). The largest absolute Gasteiger partial charge is 0.452 e. The number of rotatable bonds is 6. The van der Waals surface area contributed by atoms with Crippen molar-refractivity contribution in [2.45, 2.75) is 6.18 Å². The summed E-state index contributed by atoms with van der Waals surface area (Å²) in [5, 5.41) is 13.5. The lowest BCUT2D eigenvalue weighted by atomic mass is 10.1. The number of alkyl halides is 3. The summed E-state index contributed by atoms with van der Waals surface area (Å²) in [5.74, 6) is -2.02. The van der Waals surface area contributed by atoms with Gasteiger partial charge in [-0.2, -0.15) is 13.2 Å². The van der Waals surface area contributed by atoms with E-state index in [2.05, 4.69) is 0 Å². The number of nitrogens with one attached hydrogen (secondary N) is 1. The molecule has 1 aliphatic heterocycles. The standard InChI is InChI=1S/C20H18F3N3O6/c21-20(22,23)14-3-1-2-4-15(14)24-18(27)12-32-19(28)13-5-6-16(17(11-13)26(29)30)25-7-9-31-10-8-25/h1-6,11H,7-10,12H2,(H,24,27). The van der Waals surface area contributed by atoms with Gasteiger partial charge in [0.15, 0.2) is 6.61 Å². The second kappa shape index (κ2) is 9.64. The highest BCUT2D eigenvalue weighted by Gasteiger charge is 2.33. The maximum atomic E-state index is 13.0. The molecular weight excluding hydrogens is 435 g/mol. The van der Waals surface area contributed by atoms with Crippen LogP contribution in [0.2, 0.25) is 0 Å². The van der Waals surface area contributed by atoms with E-state index in [1.165, 1.54) is 24.3 Å². The molecule has 1 amide bonds. The average Bonchev–Trinajstić information content (AvgIpc) is 2.77. The summed E-state index contributed by atoms with van der Waals surface area (Å²) < 4.78 is 49.0. The molecule has 0 aromatic heterocycles. The molecule has 9 nitrogen and oxygen atoms in total. The molecule has 0 atom stereocenters. The van der Waals surface area contributed by atoms with Crippen molar-refractivity contribution in [3.63, 3.8) is 0 Å². The third-order valence-corrected chi connectivity index (χ3v) is 4.60. The van der Waals surface area contributed by atoms with E-state index >= 15 is 0 Å². The maximum Gasteiger partial charge on any atom is 0.418 e. The van der Waals surface area contributed by atoms with Gasteiger partial charge in [-0.05, 0) is 24.3 Å². The lowest BCUT2D eigenvalue weighted by Crippen LogP contribution is -2.36. The second-order valence-corrected chi connectivity index (χ2v) is 6.73. The Morgan fingerprint density at radius 3 is 2.50 bits per heavy atom. The first-order valence-electron chi connectivity index (χ1n) is 9.41. The van der Waals surface area contributed by atoms with Crippen molar-refractivity contribution >= 4 is 28.9 Å². The molecule has 0 spiro atoms. The number of hydrogen-bond acceptors (Lipinski definition) is 7. The van der Waals surface area contributed by atoms with Crippen molar-refractivity contribution in [1.82, 2.24) is 0 Å². The summed E-state index contributed by atoms with van der Waals surface area (Å²) in [6.45, 7) is 0.847. The number of nitro benzene ring substituents is 1. The minimum absolute atomic E-state index is 0.169. The fraction of sp³-hybridized carbons (Fsp3) is 0.300. The number of nitrogens with zero attached hydrogens (tertiary/aromatic N) is 2. The number of amides is 1. The highest BCUT2D eigenvalue weighted by molar-refractivity contribution is 5.96. The summed E-state index contributed by atoms with van der Waals surface area (Å²) >= 11 is 0. The van der Waals surface area contributed by atoms with Gasteiger partial charge in [0.1, 0.15) is 5.69 Å². The fourth-order valence-electron chi connectivity index (χ4n) is 3.11. The van der Waals surface area contributed by atoms with Gasteiger partial charge in [-0.25, -0.2) is 4.79 Å². The van der Waals surface area contributed by atoms with Gasteiger partial charge in [-0.15, -0.1) is 0 Å². The molecule has 1 fully saturated rings. The number of carbonyl (C=O) groups is 2. The highest BCUT2D eigenvalue weighted by atomic mass is 19.4. The molecule has 170 valence electrons. The van der Waals surface area contributed by atoms with E-state index in [0.29, 0.717) is 32.0 Å². The van der Waals surface area contributed by atoms with Gasteiger partial charge < -0.3 is 19.7 Å². The van der Waals surface area contributed by atoms with E-state index < -0.39 is 40.8 Å². The number of esters is 1. The van der Waals surface area contributed by atoms with Crippen LogP contribution in [0.3, 0.4) is 0 Å². The number of benzene rings is 2. The Hall–Kier alpha value is -3.67. The van der Waals surface area contributed by atoms with Crippen LogP contribution in [0.15, 0.2) is 42.5 Å². The van der Waals surface area contributed by atoms with Crippen LogP contribution in [-0.4, -0.2) is 49.7 Å². The summed E-state index contributed by atoms with van der Waals surface area (Å²) in [6, 6.07) is 8.10. The minimum Gasteiger partial charge on any atom is -0.452 e. The first-order valence-corrected chi connectivity index (χ1v) is 9.41. The molecule has 0 aliphatic carbocycles. The summed E-state index contributed by atoms with van der Waals surface area (Å²) in [5.41, 5.74) is -1.70. The maximum absolute atomic E-state index is 13.0. The zero-order valence-electron chi connectivity index (χ0n) is 16.6. The Kier molecular flexibility index (Phi) is 6.93. The molecule has 1 N–H and O–H groups in total. The van der Waals surface area contributed by atoms with Gasteiger partial charge in [0.2, 0.25) is 0 Å². The Bertz CT molecular complexity index is 1020. The van der Waals surface area contributed by atoms with Crippen molar-refractivity contribution in [1.29, 1.82) is 0 Å². The Morgan fingerprint density at radius 1 is 1.16 bits per heavy atom. The summed E-state index contributed by atoms with van der Waals surface area (Å²) in [6.07, 6.45) is -4.68. The Balaban J connectivity index is 1.67. The number of ether oxygens (including phenoxy) is 2. The number of halogens is 3. The smallest absolute Gasteiger partial charge is 0.418 e. The molecule has 2 aromatic carbocycles. The van der Waals surface area contributed by atoms with E-state index in [0.717, 1.165) is 18.2 Å². The molecule has 1 heterocycles. The first kappa shape index (κ1) is 23.0. The fourth-order valence-corrected chi connectivity index (χ4v) is 3.11. The Morgan fingerprint density at radius 2 is 1.84 bits per heavy atom. The zero-order valence-corrected chi connectivity index (χ0v) is 16.6. The first-order chi connectivity index (χ1) is 15.2. The quantitative estimate of drug-likeness (QED) is 0.406. The van der Waals surface area contributed by atoms with Crippen molar-refractivity contribution in [2.24, 2.45) is 0 Å². The van der Waals surface area contributed by atoms with E-state index in [1.54, 1.807) is 4.90 Å². The van der Waals surface area contributed by atoms with Crippen molar-refractivity contribution in [3.05, 3.63) is 63.7 Å². The van der Waals surface area contributed by atoms with Gasteiger partial charge in [0.25, 0.3) is 11.6 Å². The molecule has 12 heteroatoms. The second-order valence-electron chi connectivity index (χ2n) is 6.73. The van der Waals surface area contributed by atoms with Crippen LogP contribution in [0.25, 0.3) is 0 Å². The summed E-state index contributed by atoms with van der Waals surface area (Å²) in [7, 11) is 0. The lowest BCUT2D eigenvalue weighted by molar-refractivity contribution is -0.384.